The highest BCUT2D eigenvalue weighted by Crippen LogP contribution is 2.44. The number of nitrogens with zero attached hydrogens (tertiary/aromatic N) is 1. The summed E-state index contributed by atoms with van der Waals surface area (Å²) in [5.41, 5.74) is 1.33. The molecule has 2 amide bonds. The first-order valence-corrected chi connectivity index (χ1v) is 10.4. The monoisotopic (exact) mass is 418 g/mol. The molecule has 1 aromatic heterocycles. The van der Waals surface area contributed by atoms with E-state index < -0.39 is 12.0 Å². The second-order valence-corrected chi connectivity index (χ2v) is 7.80. The van der Waals surface area contributed by atoms with E-state index in [-0.39, 0.29) is 18.6 Å². The fraction of sp³-hybridized carbons (Fsp3) is 0.429. The normalized spacial score (nSPS) is 18.0. The molecule has 0 saturated carbocycles. The number of hydrogen-bond donors (Lipinski definition) is 1. The maximum absolute atomic E-state index is 13.0. The van der Waals surface area contributed by atoms with Crippen molar-refractivity contribution in [1.29, 1.82) is 0 Å². The van der Waals surface area contributed by atoms with Gasteiger partial charge in [-0.2, -0.15) is 0 Å². The zero-order valence-corrected chi connectivity index (χ0v) is 17.9. The summed E-state index contributed by atoms with van der Waals surface area (Å²) in [7, 11) is 3.08. The Morgan fingerprint density at radius 1 is 1.24 bits per heavy atom. The van der Waals surface area contributed by atoms with Crippen LogP contribution in [0.2, 0.25) is 0 Å². The van der Waals surface area contributed by atoms with Crippen LogP contribution in [0, 0.1) is 0 Å². The van der Waals surface area contributed by atoms with Gasteiger partial charge < -0.3 is 19.5 Å². The average molecular weight is 419 g/mol. The Hall–Kier alpha value is -2.74. The highest BCUT2D eigenvalue weighted by atomic mass is 32.1. The van der Waals surface area contributed by atoms with Crippen molar-refractivity contribution < 1.29 is 23.8 Å². The topological polar surface area (TPSA) is 77.1 Å². The number of benzene rings is 1. The van der Waals surface area contributed by atoms with Crippen LogP contribution in [0.25, 0.3) is 0 Å². The lowest BCUT2D eigenvalue weighted by Crippen LogP contribution is -2.46. The summed E-state index contributed by atoms with van der Waals surface area (Å²) in [4.78, 5) is 28.3. The molecule has 1 aliphatic heterocycles. The van der Waals surface area contributed by atoms with Crippen molar-refractivity contribution in [2.24, 2.45) is 0 Å². The Bertz CT molecular complexity index is 868. The van der Waals surface area contributed by atoms with Crippen LogP contribution in [-0.2, 0) is 16.1 Å². The van der Waals surface area contributed by atoms with Crippen molar-refractivity contribution >= 4 is 29.0 Å². The summed E-state index contributed by atoms with van der Waals surface area (Å²) in [5.74, 6) is 0.515. The van der Waals surface area contributed by atoms with E-state index in [0.717, 1.165) is 10.4 Å². The third kappa shape index (κ3) is 4.32. The van der Waals surface area contributed by atoms with Crippen molar-refractivity contribution in [3.8, 4) is 11.5 Å². The van der Waals surface area contributed by atoms with Crippen molar-refractivity contribution in [3.63, 3.8) is 0 Å². The first-order valence-electron chi connectivity index (χ1n) is 9.52. The predicted octanol–water partition coefficient (Wildman–Crippen LogP) is 3.92. The zero-order chi connectivity index (χ0) is 21.0. The van der Waals surface area contributed by atoms with Crippen molar-refractivity contribution in [2.75, 3.05) is 25.7 Å². The Kier molecular flexibility index (Phi) is 6.64. The largest absolute Gasteiger partial charge is 0.493 e. The van der Waals surface area contributed by atoms with Crippen molar-refractivity contribution in [3.05, 3.63) is 40.1 Å². The molecule has 2 heterocycles. The lowest BCUT2D eigenvalue weighted by molar-refractivity contribution is -0.123. The van der Waals surface area contributed by atoms with Crippen LogP contribution in [0.15, 0.2) is 29.6 Å². The summed E-state index contributed by atoms with van der Waals surface area (Å²) in [5, 5.41) is 5.00. The number of rotatable bonds is 6. The summed E-state index contributed by atoms with van der Waals surface area (Å²) in [6, 6.07) is 7.25. The SMILES string of the molecule is CCOC(=O)N1c2cc(OC)c(OC)cc2C(C(=O)NCc2cccs2)CC1C. The number of anilines is 1. The van der Waals surface area contributed by atoms with Crippen LogP contribution >= 0.6 is 11.3 Å². The lowest BCUT2D eigenvalue weighted by Gasteiger charge is -2.38. The van der Waals surface area contributed by atoms with Gasteiger partial charge in [0.2, 0.25) is 5.91 Å². The fourth-order valence-electron chi connectivity index (χ4n) is 3.61. The van der Waals surface area contributed by atoms with Crippen molar-refractivity contribution in [2.45, 2.75) is 38.8 Å². The molecule has 0 bridgehead atoms. The maximum Gasteiger partial charge on any atom is 0.414 e. The molecule has 3 rings (SSSR count). The average Bonchev–Trinajstić information content (AvgIpc) is 3.24. The van der Waals surface area contributed by atoms with Crippen LogP contribution in [0.5, 0.6) is 11.5 Å². The van der Waals surface area contributed by atoms with Crippen LogP contribution in [0.1, 0.15) is 36.6 Å². The Morgan fingerprint density at radius 2 is 1.97 bits per heavy atom. The number of methoxy groups -OCH3 is 2. The molecule has 0 aliphatic carbocycles. The van der Waals surface area contributed by atoms with E-state index in [9.17, 15) is 9.59 Å². The summed E-state index contributed by atoms with van der Waals surface area (Å²) >= 11 is 1.60. The number of amides is 2. The minimum absolute atomic E-state index is 0.0813. The van der Waals surface area contributed by atoms with Crippen LogP contribution in [-0.4, -0.2) is 38.9 Å². The van der Waals surface area contributed by atoms with Gasteiger partial charge in [0.1, 0.15) is 0 Å². The van der Waals surface area contributed by atoms with Gasteiger partial charge in [0.15, 0.2) is 11.5 Å². The number of fused-ring (bicyclic) bond motifs is 1. The molecule has 156 valence electrons. The number of thiophene rings is 1. The molecule has 1 aliphatic rings. The molecule has 2 unspecified atom stereocenters. The summed E-state index contributed by atoms with van der Waals surface area (Å²) in [6.07, 6.45) is 0.0447. The molecular formula is C21H26N2O5S. The molecule has 8 heteroatoms. The molecule has 29 heavy (non-hydrogen) atoms. The van der Waals surface area contributed by atoms with Gasteiger partial charge in [0, 0.05) is 17.0 Å². The predicted molar refractivity (Wildman–Crippen MR) is 112 cm³/mol. The number of nitrogens with one attached hydrogen (secondary N) is 1. The van der Waals surface area contributed by atoms with Gasteiger partial charge in [-0.1, -0.05) is 6.07 Å². The van der Waals surface area contributed by atoms with Crippen LogP contribution < -0.4 is 19.7 Å². The third-order valence-corrected chi connectivity index (χ3v) is 5.86. The second-order valence-electron chi connectivity index (χ2n) is 6.77. The number of carbonyl (C=O) groups excluding carboxylic acids is 2. The van der Waals surface area contributed by atoms with Gasteiger partial charge in [0.05, 0.1) is 39.0 Å². The minimum Gasteiger partial charge on any atom is -0.493 e. The lowest BCUT2D eigenvalue weighted by atomic mass is 9.85. The second kappa shape index (κ2) is 9.17. The minimum atomic E-state index is -0.439. The van der Waals surface area contributed by atoms with Gasteiger partial charge in [-0.25, -0.2) is 4.79 Å². The molecular weight excluding hydrogens is 392 g/mol. The van der Waals surface area contributed by atoms with Crippen LogP contribution in [0.4, 0.5) is 10.5 Å². The quantitative estimate of drug-likeness (QED) is 0.769. The maximum atomic E-state index is 13.0. The fourth-order valence-corrected chi connectivity index (χ4v) is 4.26. The zero-order valence-electron chi connectivity index (χ0n) is 17.1. The Morgan fingerprint density at radius 3 is 2.59 bits per heavy atom. The smallest absolute Gasteiger partial charge is 0.414 e. The number of carbonyl (C=O) groups is 2. The first-order chi connectivity index (χ1) is 14.0. The van der Waals surface area contributed by atoms with E-state index in [1.165, 1.54) is 7.11 Å². The van der Waals surface area contributed by atoms with E-state index in [1.807, 2.05) is 24.4 Å². The standard InChI is InChI=1S/C21H26N2O5S/c1-5-28-21(25)23-13(2)9-16(20(24)22-12-14-7-6-8-29-14)15-10-18(26-3)19(27-4)11-17(15)23/h6-8,10-11,13,16H,5,9,12H2,1-4H3,(H,22,24). The molecule has 0 spiro atoms. The van der Waals surface area contributed by atoms with E-state index in [0.29, 0.717) is 30.2 Å². The highest BCUT2D eigenvalue weighted by molar-refractivity contribution is 7.09. The van der Waals surface area contributed by atoms with Gasteiger partial charge >= 0.3 is 6.09 Å². The molecule has 2 atom stereocenters. The van der Waals surface area contributed by atoms with Crippen molar-refractivity contribution in [1.82, 2.24) is 5.32 Å². The Labute approximate surface area is 174 Å². The molecule has 1 aromatic carbocycles. The molecule has 0 fully saturated rings. The number of ether oxygens (including phenoxy) is 3. The first kappa shape index (κ1) is 21.0. The van der Waals surface area contributed by atoms with Crippen LogP contribution in [0.3, 0.4) is 0 Å². The Balaban J connectivity index is 1.97. The van der Waals surface area contributed by atoms with E-state index in [1.54, 1.807) is 42.4 Å². The molecule has 0 radical (unpaired) electrons. The van der Waals surface area contributed by atoms with E-state index >= 15 is 0 Å². The highest BCUT2D eigenvalue weighted by Gasteiger charge is 2.38. The van der Waals surface area contributed by atoms with E-state index in [2.05, 4.69) is 5.32 Å². The summed E-state index contributed by atoms with van der Waals surface area (Å²) in [6.45, 7) is 4.43. The van der Waals surface area contributed by atoms with E-state index in [4.69, 9.17) is 14.2 Å². The third-order valence-electron chi connectivity index (χ3n) is 4.98. The van der Waals surface area contributed by atoms with Gasteiger partial charge in [-0.3, -0.25) is 9.69 Å². The molecule has 0 saturated heterocycles. The van der Waals surface area contributed by atoms with Gasteiger partial charge in [0.25, 0.3) is 0 Å². The van der Waals surface area contributed by atoms with Gasteiger partial charge in [-0.15, -0.1) is 11.3 Å². The summed E-state index contributed by atoms with van der Waals surface area (Å²) < 4.78 is 16.1. The molecule has 7 nitrogen and oxygen atoms in total. The van der Waals surface area contributed by atoms with Gasteiger partial charge in [-0.05, 0) is 43.3 Å². The molecule has 2 aromatic rings. The number of hydrogen-bond acceptors (Lipinski definition) is 6. The molecule has 1 N–H and O–H groups in total.